The van der Waals surface area contributed by atoms with Crippen LogP contribution in [-0.2, 0) is 4.84 Å². The first-order valence-corrected chi connectivity index (χ1v) is 7.22. The van der Waals surface area contributed by atoms with Gasteiger partial charge in [0.15, 0.2) is 11.5 Å². The van der Waals surface area contributed by atoms with Crippen LogP contribution in [0.25, 0.3) is 0 Å². The van der Waals surface area contributed by atoms with Crippen LogP contribution in [0.15, 0.2) is 30.9 Å². The molecule has 114 valence electrons. The molecule has 1 aromatic carbocycles. The van der Waals surface area contributed by atoms with Gasteiger partial charge in [0.2, 0.25) is 0 Å². The van der Waals surface area contributed by atoms with Gasteiger partial charge in [0.05, 0.1) is 32.9 Å². The minimum Gasteiger partial charge on any atom is -0.493 e. The van der Waals surface area contributed by atoms with Crippen LogP contribution in [0.4, 0.5) is 0 Å². The quantitative estimate of drug-likeness (QED) is 0.837. The molecule has 21 heavy (non-hydrogen) atoms. The molecule has 0 bridgehead atoms. The molecule has 1 aromatic rings. The van der Waals surface area contributed by atoms with Crippen molar-refractivity contribution < 1.29 is 14.3 Å². The largest absolute Gasteiger partial charge is 0.493 e. The molecule has 2 saturated heterocycles. The Kier molecular flexibility index (Phi) is 4.14. The molecule has 3 rings (SSSR count). The maximum atomic E-state index is 5.43. The number of hydroxylamine groups is 1. The van der Waals surface area contributed by atoms with Crippen molar-refractivity contribution in [2.75, 3.05) is 33.9 Å². The molecule has 1 N–H and O–H groups in total. The van der Waals surface area contributed by atoms with Gasteiger partial charge in [-0.15, -0.1) is 6.58 Å². The lowest BCUT2D eigenvalue weighted by atomic mass is 9.95. The molecule has 0 aromatic heterocycles. The summed E-state index contributed by atoms with van der Waals surface area (Å²) in [5, 5.41) is 0. The average Bonchev–Trinajstić information content (AvgIpc) is 3.07. The molecular weight excluding hydrogens is 268 g/mol. The summed E-state index contributed by atoms with van der Waals surface area (Å²) in [7, 11) is 3.32. The molecule has 5 heteroatoms. The van der Waals surface area contributed by atoms with E-state index in [1.807, 2.05) is 12.1 Å². The van der Waals surface area contributed by atoms with Crippen LogP contribution in [0.1, 0.15) is 11.6 Å². The highest BCUT2D eigenvalue weighted by molar-refractivity contribution is 5.44. The summed E-state index contributed by atoms with van der Waals surface area (Å²) in [5.41, 5.74) is 4.38. The number of nitrogens with one attached hydrogen (secondary N) is 1. The van der Waals surface area contributed by atoms with Crippen molar-refractivity contribution in [3.63, 3.8) is 0 Å². The van der Waals surface area contributed by atoms with Gasteiger partial charge in [-0.3, -0.25) is 4.90 Å². The van der Waals surface area contributed by atoms with E-state index in [4.69, 9.17) is 14.3 Å². The summed E-state index contributed by atoms with van der Waals surface area (Å²) < 4.78 is 10.7. The Hall–Kier alpha value is -1.56. The highest BCUT2D eigenvalue weighted by Gasteiger charge is 2.45. The normalized spacial score (nSPS) is 28.4. The molecule has 3 atom stereocenters. The van der Waals surface area contributed by atoms with Gasteiger partial charge in [0.1, 0.15) is 0 Å². The number of benzene rings is 1. The van der Waals surface area contributed by atoms with E-state index in [1.54, 1.807) is 14.2 Å². The van der Waals surface area contributed by atoms with E-state index in [9.17, 15) is 0 Å². The number of ether oxygens (including phenoxy) is 2. The summed E-state index contributed by atoms with van der Waals surface area (Å²) in [6, 6.07) is 6.69. The van der Waals surface area contributed by atoms with Crippen molar-refractivity contribution in [1.82, 2.24) is 10.4 Å². The monoisotopic (exact) mass is 290 g/mol. The summed E-state index contributed by atoms with van der Waals surface area (Å²) in [4.78, 5) is 7.86. The molecule has 2 aliphatic heterocycles. The maximum Gasteiger partial charge on any atom is 0.161 e. The molecule has 0 amide bonds. The van der Waals surface area contributed by atoms with E-state index in [1.165, 1.54) is 5.56 Å². The fourth-order valence-corrected chi connectivity index (χ4v) is 3.39. The maximum absolute atomic E-state index is 5.43. The van der Waals surface area contributed by atoms with E-state index >= 15 is 0 Å². The van der Waals surface area contributed by atoms with Gasteiger partial charge in [-0.1, -0.05) is 12.1 Å². The number of hydrogen-bond donors (Lipinski definition) is 1. The van der Waals surface area contributed by atoms with Crippen molar-refractivity contribution in [3.8, 4) is 11.5 Å². The SMILES string of the molecule is C=CCN1C[C@H]2CON[C@H]2[C@@H]1c1ccc(OC)c(OC)c1. The van der Waals surface area contributed by atoms with Gasteiger partial charge in [-0.05, 0) is 17.7 Å². The van der Waals surface area contributed by atoms with Gasteiger partial charge >= 0.3 is 0 Å². The lowest BCUT2D eigenvalue weighted by molar-refractivity contribution is 0.0593. The molecule has 2 aliphatic rings. The summed E-state index contributed by atoms with van der Waals surface area (Å²) >= 11 is 0. The van der Waals surface area contributed by atoms with E-state index < -0.39 is 0 Å². The van der Waals surface area contributed by atoms with Crippen molar-refractivity contribution in [2.24, 2.45) is 5.92 Å². The minimum absolute atomic E-state index is 0.260. The van der Waals surface area contributed by atoms with Crippen LogP contribution >= 0.6 is 0 Å². The predicted molar refractivity (Wildman–Crippen MR) is 80.4 cm³/mol. The van der Waals surface area contributed by atoms with Crippen LogP contribution in [0.2, 0.25) is 0 Å². The molecule has 0 saturated carbocycles. The standard InChI is InChI=1S/C16H22N2O3/c1-4-7-18-9-12-10-21-17-15(12)16(18)11-5-6-13(19-2)14(8-11)20-3/h4-6,8,12,15-17H,1,7,9-10H2,2-3H3/t12-,15+,16-/m0/s1. The van der Waals surface area contributed by atoms with E-state index in [-0.39, 0.29) is 6.04 Å². The molecule has 0 radical (unpaired) electrons. The predicted octanol–water partition coefficient (Wildman–Crippen LogP) is 1.77. The van der Waals surface area contributed by atoms with Gasteiger partial charge in [0, 0.05) is 19.0 Å². The first-order valence-electron chi connectivity index (χ1n) is 7.22. The highest BCUT2D eigenvalue weighted by atomic mass is 16.7. The van der Waals surface area contributed by atoms with E-state index in [0.717, 1.165) is 31.2 Å². The summed E-state index contributed by atoms with van der Waals surface area (Å²) in [6.07, 6.45) is 1.95. The Morgan fingerprint density at radius 2 is 2.19 bits per heavy atom. The lowest BCUT2D eigenvalue weighted by Crippen LogP contribution is -2.34. The van der Waals surface area contributed by atoms with Crippen LogP contribution < -0.4 is 15.0 Å². The number of methoxy groups -OCH3 is 2. The summed E-state index contributed by atoms with van der Waals surface area (Å²) in [5.74, 6) is 2.03. The molecule has 2 heterocycles. The van der Waals surface area contributed by atoms with Crippen molar-refractivity contribution >= 4 is 0 Å². The third kappa shape index (κ3) is 2.52. The van der Waals surface area contributed by atoms with Crippen LogP contribution in [0.3, 0.4) is 0 Å². The Bertz CT molecular complexity index is 520. The molecule has 5 nitrogen and oxygen atoms in total. The third-order valence-electron chi connectivity index (χ3n) is 4.34. The molecular formula is C16H22N2O3. The van der Waals surface area contributed by atoms with Crippen LogP contribution in [-0.4, -0.2) is 44.9 Å². The highest BCUT2D eigenvalue weighted by Crippen LogP contribution is 2.40. The number of rotatable bonds is 5. The van der Waals surface area contributed by atoms with Crippen molar-refractivity contribution in [2.45, 2.75) is 12.1 Å². The average molecular weight is 290 g/mol. The second kappa shape index (κ2) is 6.05. The van der Waals surface area contributed by atoms with Crippen molar-refractivity contribution in [1.29, 1.82) is 0 Å². The first kappa shape index (κ1) is 14.4. The minimum atomic E-state index is 0.260. The van der Waals surface area contributed by atoms with Crippen LogP contribution in [0.5, 0.6) is 11.5 Å². The first-order chi connectivity index (χ1) is 10.3. The number of fused-ring (bicyclic) bond motifs is 1. The number of nitrogens with zero attached hydrogens (tertiary/aromatic N) is 1. The Morgan fingerprint density at radius 1 is 1.38 bits per heavy atom. The zero-order valence-electron chi connectivity index (χ0n) is 12.5. The topological polar surface area (TPSA) is 43.0 Å². The number of likely N-dealkylation sites (tertiary alicyclic amines) is 1. The second-order valence-corrected chi connectivity index (χ2v) is 5.52. The molecule has 0 aliphatic carbocycles. The molecule has 2 fully saturated rings. The zero-order valence-corrected chi connectivity index (χ0v) is 12.5. The zero-order chi connectivity index (χ0) is 14.8. The fraction of sp³-hybridized carbons (Fsp3) is 0.500. The van der Waals surface area contributed by atoms with E-state index in [2.05, 4.69) is 29.1 Å². The van der Waals surface area contributed by atoms with Gasteiger partial charge in [-0.25, -0.2) is 0 Å². The second-order valence-electron chi connectivity index (χ2n) is 5.52. The van der Waals surface area contributed by atoms with Gasteiger partial charge in [0.25, 0.3) is 0 Å². The van der Waals surface area contributed by atoms with Crippen molar-refractivity contribution in [3.05, 3.63) is 36.4 Å². The molecule has 0 unspecified atom stereocenters. The summed E-state index contributed by atoms with van der Waals surface area (Å²) in [6.45, 7) is 6.52. The van der Waals surface area contributed by atoms with Crippen LogP contribution in [0, 0.1) is 5.92 Å². The third-order valence-corrected chi connectivity index (χ3v) is 4.34. The fourth-order valence-electron chi connectivity index (χ4n) is 3.39. The Morgan fingerprint density at radius 3 is 2.90 bits per heavy atom. The number of hydrogen-bond acceptors (Lipinski definition) is 5. The Balaban J connectivity index is 1.93. The van der Waals surface area contributed by atoms with Gasteiger partial charge < -0.3 is 14.3 Å². The van der Waals surface area contributed by atoms with Gasteiger partial charge in [-0.2, -0.15) is 5.48 Å². The Labute approximate surface area is 125 Å². The smallest absolute Gasteiger partial charge is 0.161 e. The van der Waals surface area contributed by atoms with E-state index in [0.29, 0.717) is 12.0 Å². The lowest BCUT2D eigenvalue weighted by Gasteiger charge is -2.27. The molecule has 0 spiro atoms.